The summed E-state index contributed by atoms with van der Waals surface area (Å²) in [4.78, 5) is 0. The van der Waals surface area contributed by atoms with Crippen LogP contribution >= 0.6 is 15.9 Å². The summed E-state index contributed by atoms with van der Waals surface area (Å²) in [5.41, 5.74) is 4.21. The molecule has 0 N–H and O–H groups in total. The molecule has 0 heterocycles. The maximum atomic E-state index is 9.41. The maximum absolute atomic E-state index is 9.41. The van der Waals surface area contributed by atoms with Gasteiger partial charge in [0.05, 0.1) is 22.2 Å². The highest BCUT2D eigenvalue weighted by Gasteiger charge is 2.11. The van der Waals surface area contributed by atoms with Crippen LogP contribution in [0.2, 0.25) is 0 Å². The fraction of sp³-hybridized carbons (Fsp3) is 0.316. The van der Waals surface area contributed by atoms with Crippen molar-refractivity contribution in [3.63, 3.8) is 0 Å². The smallest absolute Gasteiger partial charge is 0.135 e. The molecule has 0 saturated heterocycles. The van der Waals surface area contributed by atoms with Crippen LogP contribution in [-0.4, -0.2) is 6.10 Å². The second kappa shape index (κ2) is 7.47. The average molecular weight is 358 g/mol. The van der Waals surface area contributed by atoms with Crippen LogP contribution in [0.25, 0.3) is 0 Å². The first-order chi connectivity index (χ1) is 10.5. The molecule has 0 aliphatic carbocycles. The summed E-state index contributed by atoms with van der Waals surface area (Å²) in [6.07, 6.45) is 1.86. The number of benzene rings is 2. The van der Waals surface area contributed by atoms with E-state index in [0.717, 1.165) is 28.6 Å². The summed E-state index contributed by atoms with van der Waals surface area (Å²) >= 11 is 3.54. The van der Waals surface area contributed by atoms with Crippen LogP contribution in [0.3, 0.4) is 0 Å². The predicted octanol–water partition coefficient (Wildman–Crippen LogP) is 5.26. The number of hydrogen-bond donors (Lipinski definition) is 0. The lowest BCUT2D eigenvalue weighted by atomic mass is 9.99. The number of rotatable bonds is 5. The van der Waals surface area contributed by atoms with Crippen molar-refractivity contribution >= 4 is 15.9 Å². The molecule has 114 valence electrons. The van der Waals surface area contributed by atoms with Gasteiger partial charge in [0.15, 0.2) is 0 Å². The minimum Gasteiger partial charge on any atom is -0.490 e. The van der Waals surface area contributed by atoms with E-state index in [0.29, 0.717) is 5.56 Å². The van der Waals surface area contributed by atoms with Crippen molar-refractivity contribution < 1.29 is 4.74 Å². The van der Waals surface area contributed by atoms with Crippen molar-refractivity contribution in [3.05, 3.63) is 63.1 Å². The zero-order valence-electron chi connectivity index (χ0n) is 13.2. The van der Waals surface area contributed by atoms with Crippen LogP contribution in [0.15, 0.2) is 40.9 Å². The van der Waals surface area contributed by atoms with E-state index in [9.17, 15) is 5.26 Å². The molecule has 0 unspecified atom stereocenters. The molecule has 0 bridgehead atoms. The number of nitriles is 1. The van der Waals surface area contributed by atoms with Gasteiger partial charge >= 0.3 is 0 Å². The predicted molar refractivity (Wildman–Crippen MR) is 93.2 cm³/mol. The van der Waals surface area contributed by atoms with E-state index < -0.39 is 0 Å². The van der Waals surface area contributed by atoms with Crippen molar-refractivity contribution in [1.82, 2.24) is 0 Å². The van der Waals surface area contributed by atoms with E-state index in [1.807, 2.05) is 26.0 Å². The third-order valence-corrected chi connectivity index (χ3v) is 4.09. The monoisotopic (exact) mass is 357 g/mol. The number of halogens is 1. The third-order valence-electron chi connectivity index (χ3n) is 3.47. The van der Waals surface area contributed by atoms with Gasteiger partial charge in [-0.05, 0) is 71.4 Å². The van der Waals surface area contributed by atoms with E-state index in [-0.39, 0.29) is 6.10 Å². The largest absolute Gasteiger partial charge is 0.490 e. The first kappa shape index (κ1) is 16.6. The molecule has 0 fully saturated rings. The standard InChI is InChI=1S/C19H20BrNO/c1-4-14-5-7-15(8-6-14)9-16-10-18(20)19(22-13(2)3)11-17(16)12-21/h5-8,10-11,13H,4,9H2,1-3H3. The molecule has 2 rings (SSSR count). The molecule has 3 heteroatoms. The van der Waals surface area contributed by atoms with Gasteiger partial charge in [0.25, 0.3) is 0 Å². The first-order valence-corrected chi connectivity index (χ1v) is 8.29. The van der Waals surface area contributed by atoms with Crippen LogP contribution in [0.5, 0.6) is 5.75 Å². The second-order valence-corrected chi connectivity index (χ2v) is 6.42. The molecular formula is C19H20BrNO. The van der Waals surface area contributed by atoms with Gasteiger partial charge in [0.1, 0.15) is 5.75 Å². The molecule has 0 atom stereocenters. The molecule has 2 nitrogen and oxygen atoms in total. The highest BCUT2D eigenvalue weighted by Crippen LogP contribution is 2.30. The fourth-order valence-corrected chi connectivity index (χ4v) is 2.79. The van der Waals surface area contributed by atoms with Crippen LogP contribution in [0.1, 0.15) is 43.0 Å². The van der Waals surface area contributed by atoms with E-state index in [4.69, 9.17) is 4.74 Å². The molecule has 0 saturated carbocycles. The Labute approximate surface area is 140 Å². The van der Waals surface area contributed by atoms with Crippen molar-refractivity contribution in [2.45, 2.75) is 39.7 Å². The SMILES string of the molecule is CCc1ccc(Cc2cc(Br)c(OC(C)C)cc2C#N)cc1. The van der Waals surface area contributed by atoms with Crippen LogP contribution in [0.4, 0.5) is 0 Å². The van der Waals surface area contributed by atoms with Crippen molar-refractivity contribution in [3.8, 4) is 11.8 Å². The van der Waals surface area contributed by atoms with Gasteiger partial charge in [0, 0.05) is 0 Å². The lowest BCUT2D eigenvalue weighted by molar-refractivity contribution is 0.240. The number of hydrogen-bond acceptors (Lipinski definition) is 2. The zero-order valence-corrected chi connectivity index (χ0v) is 14.8. The quantitative estimate of drug-likeness (QED) is 0.730. The van der Waals surface area contributed by atoms with Gasteiger partial charge in [-0.25, -0.2) is 0 Å². The van der Waals surface area contributed by atoms with E-state index in [1.54, 1.807) is 0 Å². The second-order valence-electron chi connectivity index (χ2n) is 5.57. The summed E-state index contributed by atoms with van der Waals surface area (Å²) in [7, 11) is 0. The Hall–Kier alpha value is -1.79. The Kier molecular flexibility index (Phi) is 5.63. The van der Waals surface area contributed by atoms with Gasteiger partial charge in [-0.2, -0.15) is 5.26 Å². The Balaban J connectivity index is 2.30. The fourth-order valence-electron chi connectivity index (χ4n) is 2.30. The van der Waals surface area contributed by atoms with Crippen LogP contribution in [0, 0.1) is 11.3 Å². The average Bonchev–Trinajstić information content (AvgIpc) is 2.50. The van der Waals surface area contributed by atoms with Crippen LogP contribution < -0.4 is 4.74 Å². The summed E-state index contributed by atoms with van der Waals surface area (Å²) in [6, 6.07) is 14.6. The molecule has 22 heavy (non-hydrogen) atoms. The number of nitrogens with zero attached hydrogens (tertiary/aromatic N) is 1. The molecule has 2 aromatic rings. The van der Waals surface area contributed by atoms with Gasteiger partial charge < -0.3 is 4.74 Å². The highest BCUT2D eigenvalue weighted by molar-refractivity contribution is 9.10. The van der Waals surface area contributed by atoms with Crippen molar-refractivity contribution in [1.29, 1.82) is 5.26 Å². The normalized spacial score (nSPS) is 10.5. The Morgan fingerprint density at radius 3 is 2.32 bits per heavy atom. The molecule has 0 aliphatic heterocycles. The molecule has 0 aromatic heterocycles. The van der Waals surface area contributed by atoms with E-state index in [1.165, 1.54) is 11.1 Å². The van der Waals surface area contributed by atoms with Crippen molar-refractivity contribution in [2.75, 3.05) is 0 Å². The highest BCUT2D eigenvalue weighted by atomic mass is 79.9. The summed E-state index contributed by atoms with van der Waals surface area (Å²) in [5.74, 6) is 0.719. The summed E-state index contributed by atoms with van der Waals surface area (Å²) in [5, 5.41) is 9.41. The molecular weight excluding hydrogens is 338 g/mol. The third kappa shape index (κ3) is 4.11. The topological polar surface area (TPSA) is 33.0 Å². The van der Waals surface area contributed by atoms with Gasteiger partial charge in [-0.15, -0.1) is 0 Å². The van der Waals surface area contributed by atoms with Gasteiger partial charge in [-0.1, -0.05) is 31.2 Å². The van der Waals surface area contributed by atoms with Gasteiger partial charge in [0.2, 0.25) is 0 Å². The minimum atomic E-state index is 0.0790. The Morgan fingerprint density at radius 2 is 1.77 bits per heavy atom. The van der Waals surface area contributed by atoms with Crippen molar-refractivity contribution in [2.24, 2.45) is 0 Å². The Morgan fingerprint density at radius 1 is 1.14 bits per heavy atom. The van der Waals surface area contributed by atoms with Gasteiger partial charge in [-0.3, -0.25) is 0 Å². The minimum absolute atomic E-state index is 0.0790. The van der Waals surface area contributed by atoms with E-state index in [2.05, 4.69) is 53.2 Å². The molecule has 0 radical (unpaired) electrons. The molecule has 0 amide bonds. The lowest BCUT2D eigenvalue weighted by Gasteiger charge is -2.14. The molecule has 0 aliphatic rings. The number of ether oxygens (including phenoxy) is 1. The lowest BCUT2D eigenvalue weighted by Crippen LogP contribution is -2.07. The first-order valence-electron chi connectivity index (χ1n) is 7.50. The van der Waals surface area contributed by atoms with Crippen LogP contribution in [-0.2, 0) is 12.8 Å². The Bertz CT molecular complexity index is 684. The molecule has 2 aromatic carbocycles. The molecule has 0 spiro atoms. The number of aryl methyl sites for hydroxylation is 1. The zero-order chi connectivity index (χ0) is 16.1. The summed E-state index contributed by atoms with van der Waals surface area (Å²) in [6.45, 7) is 6.09. The summed E-state index contributed by atoms with van der Waals surface area (Å²) < 4.78 is 6.61. The van der Waals surface area contributed by atoms with E-state index >= 15 is 0 Å². The maximum Gasteiger partial charge on any atom is 0.135 e.